The van der Waals surface area contributed by atoms with Crippen molar-refractivity contribution in [3.63, 3.8) is 0 Å². The summed E-state index contributed by atoms with van der Waals surface area (Å²) >= 11 is 0. The van der Waals surface area contributed by atoms with Gasteiger partial charge in [0.25, 0.3) is 0 Å². The Bertz CT molecular complexity index is 1120. The Morgan fingerprint density at radius 3 is 2.51 bits per heavy atom. The third kappa shape index (κ3) is 3.86. The molecule has 200 valence electrons. The highest BCUT2D eigenvalue weighted by Gasteiger charge is 2.68. The average Bonchev–Trinajstić information content (AvgIpc) is 3.13. The SMILES string of the molecule is C[C@]12C=CC(=O)C=C1CC[C@@H]1[C@@H]2[C@@H](O)C[C@@]2(C)[C@H]1CC[C@]2(O)C(=O)COC(=O)C1CC=CCC1C(=O)O. The first kappa shape index (κ1) is 26.0. The van der Waals surface area contributed by atoms with E-state index in [1.807, 2.05) is 13.0 Å². The second-order valence-electron chi connectivity index (χ2n) is 12.1. The van der Waals surface area contributed by atoms with Gasteiger partial charge in [-0.15, -0.1) is 0 Å². The van der Waals surface area contributed by atoms with Crippen LogP contribution in [0.25, 0.3) is 0 Å². The van der Waals surface area contributed by atoms with Crippen molar-refractivity contribution in [2.45, 2.75) is 70.5 Å². The van der Waals surface area contributed by atoms with Crippen molar-refractivity contribution in [3.8, 4) is 0 Å². The van der Waals surface area contributed by atoms with Crippen LogP contribution in [0, 0.1) is 40.4 Å². The summed E-state index contributed by atoms with van der Waals surface area (Å²) < 4.78 is 5.30. The fourth-order valence-corrected chi connectivity index (χ4v) is 8.50. The lowest BCUT2D eigenvalue weighted by molar-refractivity contribution is -0.182. The molecule has 0 radical (unpaired) electrons. The number of aliphatic hydroxyl groups is 2. The van der Waals surface area contributed by atoms with Crippen molar-refractivity contribution >= 4 is 23.5 Å². The zero-order valence-electron chi connectivity index (χ0n) is 21.4. The van der Waals surface area contributed by atoms with E-state index >= 15 is 0 Å². The maximum atomic E-state index is 13.4. The van der Waals surface area contributed by atoms with Gasteiger partial charge in [0.15, 0.2) is 12.4 Å². The summed E-state index contributed by atoms with van der Waals surface area (Å²) in [7, 11) is 0. The Morgan fingerprint density at radius 2 is 1.81 bits per heavy atom. The molecule has 0 aromatic rings. The van der Waals surface area contributed by atoms with Crippen molar-refractivity contribution in [2.24, 2.45) is 40.4 Å². The molecule has 5 aliphatic carbocycles. The van der Waals surface area contributed by atoms with Gasteiger partial charge in [0.05, 0.1) is 17.9 Å². The van der Waals surface area contributed by atoms with Crippen LogP contribution in [-0.4, -0.2) is 57.1 Å². The lowest BCUT2D eigenvalue weighted by Gasteiger charge is -2.59. The molecule has 8 nitrogen and oxygen atoms in total. The minimum absolute atomic E-state index is 0.00479. The quantitative estimate of drug-likeness (QED) is 0.378. The third-order valence-corrected chi connectivity index (χ3v) is 10.5. The Kier molecular flexibility index (Phi) is 6.35. The number of fused-ring (bicyclic) bond motifs is 5. The number of ketones is 2. The number of carbonyl (C=O) groups is 4. The van der Waals surface area contributed by atoms with Gasteiger partial charge in [-0.2, -0.15) is 0 Å². The fraction of sp³-hybridized carbons (Fsp3) is 0.655. The van der Waals surface area contributed by atoms with Crippen molar-refractivity contribution in [1.29, 1.82) is 0 Å². The summed E-state index contributed by atoms with van der Waals surface area (Å²) in [6, 6.07) is 0. The van der Waals surface area contributed by atoms with Gasteiger partial charge in [0, 0.05) is 16.7 Å². The molecule has 3 fully saturated rings. The average molecular weight is 513 g/mol. The summed E-state index contributed by atoms with van der Waals surface area (Å²) in [5.74, 6) is -4.26. The van der Waals surface area contributed by atoms with E-state index in [1.54, 1.807) is 24.3 Å². The van der Waals surface area contributed by atoms with Gasteiger partial charge in [0.2, 0.25) is 5.78 Å². The van der Waals surface area contributed by atoms with Gasteiger partial charge in [-0.25, -0.2) is 0 Å². The molecule has 0 bridgehead atoms. The highest BCUT2D eigenvalue weighted by molar-refractivity contribution is 6.01. The first-order valence-corrected chi connectivity index (χ1v) is 13.3. The highest BCUT2D eigenvalue weighted by Crippen LogP contribution is 2.67. The van der Waals surface area contributed by atoms with E-state index in [2.05, 4.69) is 6.92 Å². The standard InChI is InChI=1S/C29H36O8/c1-27-11-9-17(30)13-16(27)7-8-20-21-10-12-29(36,28(21,2)14-22(31)24(20)27)23(32)15-37-26(35)19-6-4-3-5-18(19)25(33)34/h3-4,9,11,13,18-22,24,31,36H,5-8,10,12,14-15H2,1-2H3,(H,33,34)/t18?,19?,20-,21-,22-,24+,27-,28-,29-/m0/s1. The number of carboxylic acids is 1. The molecule has 3 saturated carbocycles. The zero-order valence-corrected chi connectivity index (χ0v) is 21.4. The van der Waals surface area contributed by atoms with E-state index < -0.39 is 58.7 Å². The molecule has 9 atom stereocenters. The van der Waals surface area contributed by atoms with Crippen molar-refractivity contribution in [3.05, 3.63) is 36.0 Å². The lowest BCUT2D eigenvalue weighted by atomic mass is 9.46. The summed E-state index contributed by atoms with van der Waals surface area (Å²) in [6.45, 7) is 3.31. The molecule has 0 aromatic carbocycles. The van der Waals surface area contributed by atoms with E-state index in [1.165, 1.54) is 0 Å². The first-order chi connectivity index (χ1) is 17.4. The van der Waals surface area contributed by atoms with E-state index in [-0.39, 0.29) is 49.2 Å². The molecule has 5 rings (SSSR count). The number of carboxylic acid groups (broad SMARTS) is 1. The molecule has 37 heavy (non-hydrogen) atoms. The van der Waals surface area contributed by atoms with Crippen LogP contribution in [0.15, 0.2) is 36.0 Å². The predicted molar refractivity (Wildman–Crippen MR) is 132 cm³/mol. The zero-order chi connectivity index (χ0) is 26.8. The van der Waals surface area contributed by atoms with Gasteiger partial charge in [-0.1, -0.05) is 37.6 Å². The van der Waals surface area contributed by atoms with E-state index in [0.717, 1.165) is 18.4 Å². The van der Waals surface area contributed by atoms with Gasteiger partial charge in [-0.3, -0.25) is 19.2 Å². The minimum atomic E-state index is -1.75. The number of allylic oxidation sites excluding steroid dienone is 6. The number of rotatable bonds is 5. The second kappa shape index (κ2) is 9.02. The smallest absolute Gasteiger partial charge is 0.310 e. The number of aliphatic carboxylic acids is 1. The minimum Gasteiger partial charge on any atom is -0.481 e. The third-order valence-electron chi connectivity index (χ3n) is 10.5. The summed E-state index contributed by atoms with van der Waals surface area (Å²) in [6.07, 6.45) is 10.9. The molecule has 5 aliphatic rings. The monoisotopic (exact) mass is 512 g/mol. The van der Waals surface area contributed by atoms with Crippen molar-refractivity contribution in [2.75, 3.05) is 6.61 Å². The maximum absolute atomic E-state index is 13.4. The van der Waals surface area contributed by atoms with Gasteiger partial charge in [0.1, 0.15) is 5.60 Å². The molecule has 2 unspecified atom stereocenters. The molecule has 0 saturated heterocycles. The number of carbonyl (C=O) groups excluding carboxylic acids is 3. The lowest BCUT2D eigenvalue weighted by Crippen LogP contribution is -2.61. The van der Waals surface area contributed by atoms with E-state index in [0.29, 0.717) is 6.42 Å². The van der Waals surface area contributed by atoms with Crippen LogP contribution >= 0.6 is 0 Å². The fourth-order valence-electron chi connectivity index (χ4n) is 8.50. The van der Waals surface area contributed by atoms with Crippen LogP contribution < -0.4 is 0 Å². The van der Waals surface area contributed by atoms with Crippen LogP contribution in [0.1, 0.15) is 58.8 Å². The van der Waals surface area contributed by atoms with Crippen LogP contribution in [-0.2, 0) is 23.9 Å². The van der Waals surface area contributed by atoms with Gasteiger partial charge in [-0.05, 0) is 68.9 Å². The van der Waals surface area contributed by atoms with Crippen LogP contribution in [0.3, 0.4) is 0 Å². The van der Waals surface area contributed by atoms with Gasteiger partial charge >= 0.3 is 11.9 Å². The number of hydrogen-bond donors (Lipinski definition) is 3. The summed E-state index contributed by atoms with van der Waals surface area (Å²) in [5.41, 5.74) is -2.04. The number of hydrogen-bond acceptors (Lipinski definition) is 7. The first-order valence-electron chi connectivity index (χ1n) is 13.3. The number of Topliss-reactive ketones (excluding diaryl/α,β-unsaturated/α-hetero) is 1. The molecule has 0 aliphatic heterocycles. The second-order valence-corrected chi connectivity index (χ2v) is 12.1. The molecular weight excluding hydrogens is 476 g/mol. The Labute approximate surface area is 216 Å². The molecule has 0 aromatic heterocycles. The van der Waals surface area contributed by atoms with Crippen molar-refractivity contribution < 1.29 is 39.2 Å². The molecule has 0 spiro atoms. The summed E-state index contributed by atoms with van der Waals surface area (Å²) in [5, 5.41) is 32.7. The molecule has 0 heterocycles. The number of esters is 1. The number of aliphatic hydroxyl groups excluding tert-OH is 1. The Balaban J connectivity index is 1.33. The highest BCUT2D eigenvalue weighted by atomic mass is 16.5. The molecule has 3 N–H and O–H groups in total. The Hall–Kier alpha value is -2.58. The van der Waals surface area contributed by atoms with Crippen LogP contribution in [0.4, 0.5) is 0 Å². The van der Waals surface area contributed by atoms with E-state index in [9.17, 15) is 34.5 Å². The molecule has 0 amide bonds. The molecule has 8 heteroatoms. The van der Waals surface area contributed by atoms with Crippen LogP contribution in [0.2, 0.25) is 0 Å². The normalized spacial score (nSPS) is 44.3. The predicted octanol–water partition coefficient (Wildman–Crippen LogP) is 2.78. The van der Waals surface area contributed by atoms with Crippen molar-refractivity contribution in [1.82, 2.24) is 0 Å². The molecular formula is C29H36O8. The summed E-state index contributed by atoms with van der Waals surface area (Å²) in [4.78, 5) is 49.7. The topological polar surface area (TPSA) is 138 Å². The Morgan fingerprint density at radius 1 is 1.11 bits per heavy atom. The maximum Gasteiger partial charge on any atom is 0.310 e. The number of ether oxygens (including phenoxy) is 1. The van der Waals surface area contributed by atoms with Gasteiger partial charge < -0.3 is 20.1 Å². The van der Waals surface area contributed by atoms with Crippen LogP contribution in [0.5, 0.6) is 0 Å². The largest absolute Gasteiger partial charge is 0.481 e. The van der Waals surface area contributed by atoms with E-state index in [4.69, 9.17) is 4.74 Å².